The van der Waals surface area contributed by atoms with Crippen molar-refractivity contribution in [2.45, 2.75) is 59.8 Å². The van der Waals surface area contributed by atoms with Gasteiger partial charge in [-0.1, -0.05) is 46.0 Å². The second kappa shape index (κ2) is 10.4. The van der Waals surface area contributed by atoms with E-state index in [1.165, 1.54) is 48.5 Å². The van der Waals surface area contributed by atoms with Crippen molar-refractivity contribution in [2.75, 3.05) is 12.3 Å². The standard InChI is InChI=1S/C7H16.C6H11NS/c1-3-5-7-6-4-2;1-5-6(2)8-4-3-7-5/h3-7H2,1-2H3;7H,3-4H2,1-2H3. The molecular weight excluding hydrogens is 202 g/mol. The first-order chi connectivity index (χ1) is 7.22. The van der Waals surface area contributed by atoms with Crippen LogP contribution < -0.4 is 5.32 Å². The first-order valence-corrected chi connectivity index (χ1v) is 7.25. The van der Waals surface area contributed by atoms with Crippen molar-refractivity contribution in [1.82, 2.24) is 5.32 Å². The van der Waals surface area contributed by atoms with Gasteiger partial charge in [0.2, 0.25) is 0 Å². The largest absolute Gasteiger partial charge is 0.387 e. The predicted molar refractivity (Wildman–Crippen MR) is 73.3 cm³/mol. The molecule has 1 heterocycles. The average molecular weight is 229 g/mol. The summed E-state index contributed by atoms with van der Waals surface area (Å²) in [4.78, 5) is 1.44. The molecule has 90 valence electrons. The third-order valence-electron chi connectivity index (χ3n) is 2.55. The van der Waals surface area contributed by atoms with Gasteiger partial charge in [-0.05, 0) is 13.8 Å². The predicted octanol–water partition coefficient (Wildman–Crippen LogP) is 4.55. The normalized spacial score (nSPS) is 15.5. The first-order valence-electron chi connectivity index (χ1n) is 6.26. The molecule has 0 fully saturated rings. The molecule has 2 heteroatoms. The van der Waals surface area contributed by atoms with Gasteiger partial charge in [0.1, 0.15) is 0 Å². The highest BCUT2D eigenvalue weighted by Crippen LogP contribution is 2.19. The van der Waals surface area contributed by atoms with Crippen molar-refractivity contribution in [3.63, 3.8) is 0 Å². The van der Waals surface area contributed by atoms with E-state index in [0.29, 0.717) is 0 Å². The summed E-state index contributed by atoms with van der Waals surface area (Å²) < 4.78 is 0. The van der Waals surface area contributed by atoms with Gasteiger partial charge in [0.15, 0.2) is 0 Å². The fourth-order valence-electron chi connectivity index (χ4n) is 1.35. The van der Waals surface area contributed by atoms with Crippen molar-refractivity contribution in [3.8, 4) is 0 Å². The molecule has 0 aliphatic carbocycles. The summed E-state index contributed by atoms with van der Waals surface area (Å²) in [6, 6.07) is 0. The van der Waals surface area contributed by atoms with Crippen LogP contribution >= 0.6 is 11.8 Å². The highest BCUT2D eigenvalue weighted by atomic mass is 32.2. The van der Waals surface area contributed by atoms with E-state index in [9.17, 15) is 0 Å². The summed E-state index contributed by atoms with van der Waals surface area (Å²) in [6.45, 7) is 9.91. The molecule has 0 saturated carbocycles. The minimum atomic E-state index is 1.13. The lowest BCUT2D eigenvalue weighted by Gasteiger charge is -2.15. The second-order valence-corrected chi connectivity index (χ2v) is 5.33. The van der Waals surface area contributed by atoms with E-state index in [-0.39, 0.29) is 0 Å². The zero-order valence-corrected chi connectivity index (χ0v) is 11.7. The molecule has 0 unspecified atom stereocenters. The number of hydrogen-bond donors (Lipinski definition) is 1. The number of unbranched alkanes of at least 4 members (excludes halogenated alkanes) is 4. The highest BCUT2D eigenvalue weighted by molar-refractivity contribution is 8.03. The van der Waals surface area contributed by atoms with E-state index in [0.717, 1.165) is 6.54 Å². The van der Waals surface area contributed by atoms with E-state index in [1.54, 1.807) is 0 Å². The van der Waals surface area contributed by atoms with Crippen LogP contribution in [0.5, 0.6) is 0 Å². The van der Waals surface area contributed by atoms with Crippen LogP contribution in [0.25, 0.3) is 0 Å². The molecule has 0 spiro atoms. The number of thioether (sulfide) groups is 1. The maximum atomic E-state index is 3.29. The van der Waals surface area contributed by atoms with Crippen molar-refractivity contribution >= 4 is 11.8 Å². The Kier molecular flexibility index (Phi) is 10.3. The molecule has 0 aromatic carbocycles. The number of allylic oxidation sites excluding steroid dienone is 2. The van der Waals surface area contributed by atoms with Crippen LogP contribution in [-0.4, -0.2) is 12.3 Å². The molecule has 1 rings (SSSR count). The number of nitrogens with one attached hydrogen (secondary N) is 1. The molecule has 0 atom stereocenters. The Balaban J connectivity index is 0.000000265. The topological polar surface area (TPSA) is 12.0 Å². The highest BCUT2D eigenvalue weighted by Gasteiger charge is 2.01. The second-order valence-electron chi connectivity index (χ2n) is 4.02. The van der Waals surface area contributed by atoms with Crippen LogP contribution in [0.2, 0.25) is 0 Å². The Morgan fingerprint density at radius 1 is 1.07 bits per heavy atom. The molecule has 0 radical (unpaired) electrons. The molecule has 0 aromatic rings. The zero-order chi connectivity index (χ0) is 11.5. The van der Waals surface area contributed by atoms with Gasteiger partial charge in [-0.25, -0.2) is 0 Å². The van der Waals surface area contributed by atoms with Gasteiger partial charge in [-0.15, -0.1) is 11.8 Å². The third kappa shape index (κ3) is 8.86. The molecule has 0 saturated heterocycles. The molecule has 15 heavy (non-hydrogen) atoms. The quantitative estimate of drug-likeness (QED) is 0.710. The van der Waals surface area contributed by atoms with Crippen LogP contribution in [0.1, 0.15) is 59.8 Å². The van der Waals surface area contributed by atoms with Crippen molar-refractivity contribution < 1.29 is 0 Å². The minimum Gasteiger partial charge on any atom is -0.387 e. The lowest BCUT2D eigenvalue weighted by Crippen LogP contribution is -2.19. The maximum absolute atomic E-state index is 3.29. The van der Waals surface area contributed by atoms with Crippen molar-refractivity contribution in [1.29, 1.82) is 0 Å². The Labute approximate surface area is 100 Å². The summed E-state index contributed by atoms with van der Waals surface area (Å²) in [5, 5.41) is 3.29. The summed E-state index contributed by atoms with van der Waals surface area (Å²) in [5.41, 5.74) is 1.35. The van der Waals surface area contributed by atoms with Crippen LogP contribution in [0, 0.1) is 0 Å². The van der Waals surface area contributed by atoms with E-state index in [2.05, 4.69) is 33.0 Å². The molecule has 0 aromatic heterocycles. The molecular formula is C13H27NS. The van der Waals surface area contributed by atoms with E-state index < -0.39 is 0 Å². The van der Waals surface area contributed by atoms with Crippen LogP contribution in [0.4, 0.5) is 0 Å². The van der Waals surface area contributed by atoms with Gasteiger partial charge in [-0.3, -0.25) is 0 Å². The lowest BCUT2D eigenvalue weighted by atomic mass is 10.2. The van der Waals surface area contributed by atoms with Gasteiger partial charge in [-0.2, -0.15) is 0 Å². The fourth-order valence-corrected chi connectivity index (χ4v) is 2.15. The van der Waals surface area contributed by atoms with Gasteiger partial charge in [0.25, 0.3) is 0 Å². The molecule has 1 N–H and O–H groups in total. The summed E-state index contributed by atoms with van der Waals surface area (Å²) in [5.74, 6) is 1.23. The van der Waals surface area contributed by atoms with Crippen molar-refractivity contribution in [2.24, 2.45) is 0 Å². The van der Waals surface area contributed by atoms with Crippen LogP contribution in [0.15, 0.2) is 10.6 Å². The first kappa shape index (κ1) is 14.9. The Hall–Kier alpha value is -0.110. The van der Waals surface area contributed by atoms with Gasteiger partial charge in [0.05, 0.1) is 0 Å². The van der Waals surface area contributed by atoms with E-state index >= 15 is 0 Å². The third-order valence-corrected chi connectivity index (χ3v) is 3.69. The fraction of sp³-hybridized carbons (Fsp3) is 0.846. The van der Waals surface area contributed by atoms with Crippen LogP contribution in [-0.2, 0) is 0 Å². The molecule has 0 amide bonds. The van der Waals surface area contributed by atoms with Crippen molar-refractivity contribution in [3.05, 3.63) is 10.6 Å². The maximum Gasteiger partial charge on any atom is 0.0238 e. The summed E-state index contributed by atoms with van der Waals surface area (Å²) in [7, 11) is 0. The Bertz CT molecular complexity index is 157. The molecule has 1 aliphatic heterocycles. The Morgan fingerprint density at radius 3 is 2.00 bits per heavy atom. The van der Waals surface area contributed by atoms with E-state index in [4.69, 9.17) is 0 Å². The molecule has 1 nitrogen and oxygen atoms in total. The lowest BCUT2D eigenvalue weighted by molar-refractivity contribution is 0.656. The van der Waals surface area contributed by atoms with Gasteiger partial charge >= 0.3 is 0 Å². The Morgan fingerprint density at radius 2 is 1.67 bits per heavy atom. The molecule has 0 bridgehead atoms. The smallest absolute Gasteiger partial charge is 0.0238 e. The average Bonchev–Trinajstić information content (AvgIpc) is 2.24. The summed E-state index contributed by atoms with van der Waals surface area (Å²) >= 11 is 1.94. The van der Waals surface area contributed by atoms with Crippen LogP contribution in [0.3, 0.4) is 0 Å². The minimum absolute atomic E-state index is 1.13. The SMILES string of the molecule is CC1=C(C)SCCN1.CCCCCCC. The number of rotatable bonds is 4. The zero-order valence-electron chi connectivity index (χ0n) is 10.9. The molecule has 1 aliphatic rings. The van der Waals surface area contributed by atoms with Gasteiger partial charge < -0.3 is 5.32 Å². The summed E-state index contributed by atoms with van der Waals surface area (Å²) in [6.07, 6.45) is 7.01. The van der Waals surface area contributed by atoms with E-state index in [1.807, 2.05) is 11.8 Å². The van der Waals surface area contributed by atoms with Gasteiger partial charge in [0, 0.05) is 22.9 Å². The number of hydrogen-bond acceptors (Lipinski definition) is 2. The monoisotopic (exact) mass is 229 g/mol.